The Morgan fingerprint density at radius 3 is 2.30 bits per heavy atom. The van der Waals surface area contributed by atoms with Gasteiger partial charge in [0, 0.05) is 12.6 Å². The Morgan fingerprint density at radius 1 is 1.30 bits per heavy atom. The third-order valence-electron chi connectivity index (χ3n) is 1.42. The van der Waals surface area contributed by atoms with Gasteiger partial charge >= 0.3 is 0 Å². The van der Waals surface area contributed by atoms with Gasteiger partial charge in [-0.3, -0.25) is 0 Å². The minimum atomic E-state index is -0.572. The van der Waals surface area contributed by atoms with Gasteiger partial charge < -0.3 is 21.7 Å². The average molecular weight is 148 g/mol. The molecule has 0 amide bonds. The third-order valence-corrected chi connectivity index (χ3v) is 1.42. The zero-order valence-electron chi connectivity index (χ0n) is 6.03. The quantitative estimate of drug-likeness (QED) is 0.378. The normalized spacial score (nSPS) is 16.8. The molecule has 0 heterocycles. The smallest absolute Gasteiger partial charge is 0.0703 e. The summed E-state index contributed by atoms with van der Waals surface area (Å²) in [6.07, 6.45) is 0.361. The Hall–Kier alpha value is -0.160. The van der Waals surface area contributed by atoms with Gasteiger partial charge in [-0.1, -0.05) is 0 Å². The minimum absolute atomic E-state index is 0.0167. The summed E-state index contributed by atoms with van der Waals surface area (Å²) in [6.45, 7) is 0.448. The highest BCUT2D eigenvalue weighted by molar-refractivity contribution is 4.71. The van der Waals surface area contributed by atoms with Crippen molar-refractivity contribution in [3.8, 4) is 0 Å². The van der Waals surface area contributed by atoms with Crippen LogP contribution in [0.2, 0.25) is 0 Å². The van der Waals surface area contributed by atoms with Crippen LogP contribution in [-0.4, -0.2) is 35.5 Å². The van der Waals surface area contributed by atoms with Crippen molar-refractivity contribution in [3.63, 3.8) is 0 Å². The van der Waals surface area contributed by atoms with E-state index in [4.69, 9.17) is 21.7 Å². The fraction of sp³-hybridized carbons (Fsp3) is 1.00. The molecule has 62 valence electrons. The van der Waals surface area contributed by atoms with E-state index in [1.54, 1.807) is 0 Å². The van der Waals surface area contributed by atoms with Gasteiger partial charge in [-0.2, -0.15) is 0 Å². The Kier molecular flexibility index (Phi) is 5.52. The average Bonchev–Trinajstić information content (AvgIpc) is 1.89. The van der Waals surface area contributed by atoms with Crippen LogP contribution in [0.3, 0.4) is 0 Å². The van der Waals surface area contributed by atoms with Crippen LogP contribution in [0.25, 0.3) is 0 Å². The molecule has 0 aromatic rings. The van der Waals surface area contributed by atoms with Gasteiger partial charge in [0.2, 0.25) is 0 Å². The van der Waals surface area contributed by atoms with Crippen LogP contribution in [-0.2, 0) is 0 Å². The molecule has 0 aromatic carbocycles. The molecule has 0 radical (unpaired) electrons. The maximum Gasteiger partial charge on any atom is 0.0703 e. The molecular formula is C6H16N2O2. The van der Waals surface area contributed by atoms with Crippen LogP contribution in [0.1, 0.15) is 12.8 Å². The lowest BCUT2D eigenvalue weighted by Gasteiger charge is -2.16. The maximum atomic E-state index is 9.13. The molecule has 0 saturated carbocycles. The standard InChI is InChI=1S/C6H16N2O2/c7-3-1-6(10)5(8)2-4-9/h5-6,9-10H,1-4,7-8H2. The minimum Gasteiger partial charge on any atom is -0.396 e. The van der Waals surface area contributed by atoms with Gasteiger partial charge in [0.05, 0.1) is 6.10 Å². The number of hydrogen-bond acceptors (Lipinski definition) is 4. The second kappa shape index (κ2) is 5.61. The molecule has 6 N–H and O–H groups in total. The van der Waals surface area contributed by atoms with E-state index in [-0.39, 0.29) is 12.6 Å². The lowest BCUT2D eigenvalue weighted by Crippen LogP contribution is -2.36. The first-order valence-electron chi connectivity index (χ1n) is 3.47. The highest BCUT2D eigenvalue weighted by Gasteiger charge is 2.11. The first-order valence-corrected chi connectivity index (χ1v) is 3.47. The summed E-state index contributed by atoms with van der Waals surface area (Å²) in [5.74, 6) is 0. The lowest BCUT2D eigenvalue weighted by molar-refractivity contribution is 0.122. The SMILES string of the molecule is NCCC(O)C(N)CCO. The van der Waals surface area contributed by atoms with Crippen LogP contribution in [0.15, 0.2) is 0 Å². The molecule has 0 aliphatic carbocycles. The highest BCUT2D eigenvalue weighted by Crippen LogP contribution is 1.98. The van der Waals surface area contributed by atoms with Crippen LogP contribution in [0.4, 0.5) is 0 Å². The topological polar surface area (TPSA) is 92.5 Å². The van der Waals surface area contributed by atoms with E-state index in [9.17, 15) is 0 Å². The summed E-state index contributed by atoms with van der Waals surface area (Å²) >= 11 is 0. The van der Waals surface area contributed by atoms with E-state index >= 15 is 0 Å². The van der Waals surface area contributed by atoms with Crippen molar-refractivity contribution >= 4 is 0 Å². The Balaban J connectivity index is 3.38. The molecule has 0 aliphatic rings. The molecule has 0 rings (SSSR count). The second-order valence-electron chi connectivity index (χ2n) is 2.32. The number of rotatable bonds is 5. The molecule has 2 unspecified atom stereocenters. The molecule has 0 saturated heterocycles. The van der Waals surface area contributed by atoms with Crippen molar-refractivity contribution in [1.29, 1.82) is 0 Å². The summed E-state index contributed by atoms with van der Waals surface area (Å²) in [7, 11) is 0. The summed E-state index contributed by atoms with van der Waals surface area (Å²) in [6, 6.07) is -0.339. The van der Waals surface area contributed by atoms with Crippen molar-refractivity contribution in [3.05, 3.63) is 0 Å². The van der Waals surface area contributed by atoms with Crippen LogP contribution >= 0.6 is 0 Å². The molecule has 0 bridgehead atoms. The molecule has 0 aliphatic heterocycles. The number of nitrogens with two attached hydrogens (primary N) is 2. The third kappa shape index (κ3) is 3.79. The number of aliphatic hydroxyl groups excluding tert-OH is 2. The second-order valence-corrected chi connectivity index (χ2v) is 2.32. The van der Waals surface area contributed by atoms with E-state index in [1.165, 1.54) is 0 Å². The summed E-state index contributed by atoms with van der Waals surface area (Å²) < 4.78 is 0. The summed E-state index contributed by atoms with van der Waals surface area (Å²) in [4.78, 5) is 0. The molecule has 0 spiro atoms. The molecule has 4 heteroatoms. The van der Waals surface area contributed by atoms with E-state index in [0.717, 1.165) is 0 Å². The van der Waals surface area contributed by atoms with Gasteiger partial charge in [-0.05, 0) is 19.4 Å². The predicted octanol–water partition coefficient (Wildman–Crippen LogP) is -1.59. The Bertz CT molecular complexity index is 70.1. The molecule has 0 fully saturated rings. The van der Waals surface area contributed by atoms with Crippen molar-refractivity contribution in [1.82, 2.24) is 0 Å². The van der Waals surface area contributed by atoms with Gasteiger partial charge in [0.25, 0.3) is 0 Å². The zero-order valence-corrected chi connectivity index (χ0v) is 6.03. The van der Waals surface area contributed by atoms with Gasteiger partial charge in [-0.25, -0.2) is 0 Å². The van der Waals surface area contributed by atoms with E-state index in [1.807, 2.05) is 0 Å². The highest BCUT2D eigenvalue weighted by atomic mass is 16.3. The van der Waals surface area contributed by atoms with Crippen LogP contribution in [0, 0.1) is 0 Å². The first kappa shape index (κ1) is 9.84. The van der Waals surface area contributed by atoms with Crippen molar-refractivity contribution in [2.45, 2.75) is 25.0 Å². The fourth-order valence-electron chi connectivity index (χ4n) is 0.726. The molecule has 10 heavy (non-hydrogen) atoms. The number of hydrogen-bond donors (Lipinski definition) is 4. The van der Waals surface area contributed by atoms with Crippen molar-refractivity contribution < 1.29 is 10.2 Å². The zero-order chi connectivity index (χ0) is 7.98. The Labute approximate surface area is 60.8 Å². The van der Waals surface area contributed by atoms with E-state index < -0.39 is 6.10 Å². The van der Waals surface area contributed by atoms with Crippen molar-refractivity contribution in [2.24, 2.45) is 11.5 Å². The maximum absolute atomic E-state index is 9.13. The van der Waals surface area contributed by atoms with Crippen LogP contribution < -0.4 is 11.5 Å². The molecule has 4 nitrogen and oxygen atoms in total. The lowest BCUT2D eigenvalue weighted by atomic mass is 10.1. The molecule has 2 atom stereocenters. The first-order chi connectivity index (χ1) is 4.72. The Morgan fingerprint density at radius 2 is 1.90 bits per heavy atom. The van der Waals surface area contributed by atoms with Crippen molar-refractivity contribution in [2.75, 3.05) is 13.2 Å². The molecule has 0 aromatic heterocycles. The summed E-state index contributed by atoms with van der Waals surface area (Å²) in [5.41, 5.74) is 10.6. The van der Waals surface area contributed by atoms with Gasteiger partial charge in [-0.15, -0.1) is 0 Å². The molecular weight excluding hydrogens is 132 g/mol. The largest absolute Gasteiger partial charge is 0.396 e. The van der Waals surface area contributed by atoms with Gasteiger partial charge in [0.1, 0.15) is 0 Å². The number of aliphatic hydroxyl groups is 2. The van der Waals surface area contributed by atoms with E-state index in [2.05, 4.69) is 0 Å². The van der Waals surface area contributed by atoms with Crippen LogP contribution in [0.5, 0.6) is 0 Å². The predicted molar refractivity (Wildman–Crippen MR) is 39.4 cm³/mol. The summed E-state index contributed by atoms with van der Waals surface area (Å²) in [5, 5.41) is 17.6. The monoisotopic (exact) mass is 148 g/mol. The van der Waals surface area contributed by atoms with Gasteiger partial charge in [0.15, 0.2) is 0 Å². The fourth-order valence-corrected chi connectivity index (χ4v) is 0.726. The van der Waals surface area contributed by atoms with E-state index in [0.29, 0.717) is 19.4 Å².